The lowest BCUT2D eigenvalue weighted by molar-refractivity contribution is -0.118. The van der Waals surface area contributed by atoms with Crippen molar-refractivity contribution in [2.24, 2.45) is 0 Å². The third kappa shape index (κ3) is 6.30. The molecule has 5 nitrogen and oxygen atoms in total. The van der Waals surface area contributed by atoms with Crippen LogP contribution in [0.25, 0.3) is 10.6 Å². The van der Waals surface area contributed by atoms with E-state index in [2.05, 4.69) is 52.1 Å². The summed E-state index contributed by atoms with van der Waals surface area (Å²) in [6, 6.07) is 8.60. The number of benzene rings is 1. The Hall–Kier alpha value is -1.42. The van der Waals surface area contributed by atoms with Crippen molar-refractivity contribution in [1.82, 2.24) is 20.5 Å². The maximum atomic E-state index is 11.7. The largest absolute Gasteiger partial charge is 0.355 e. The lowest BCUT2D eigenvalue weighted by Gasteiger charge is -2.00. The number of aryl methyl sites for hydroxylation is 1. The van der Waals surface area contributed by atoms with Crippen LogP contribution < -0.4 is 5.32 Å². The molecule has 2 heterocycles. The molecule has 9 heteroatoms. The number of thioether (sulfide) groups is 2. The normalized spacial score (nSPS) is 10.9. The van der Waals surface area contributed by atoms with Gasteiger partial charge >= 0.3 is 0 Å². The number of thiazole rings is 1. The summed E-state index contributed by atoms with van der Waals surface area (Å²) in [6.07, 6.45) is 1.99. The van der Waals surface area contributed by atoms with E-state index in [1.165, 1.54) is 28.7 Å². The molecule has 0 aliphatic carbocycles. The molecule has 28 heavy (non-hydrogen) atoms. The zero-order chi connectivity index (χ0) is 19.8. The lowest BCUT2D eigenvalue weighted by atomic mass is 10.1. The first-order chi connectivity index (χ1) is 13.7. The summed E-state index contributed by atoms with van der Waals surface area (Å²) in [4.78, 5) is 16.4. The number of rotatable bonds is 10. The van der Waals surface area contributed by atoms with Crippen LogP contribution in [0.1, 0.15) is 31.5 Å². The Bertz CT molecular complexity index is 891. The van der Waals surface area contributed by atoms with Gasteiger partial charge in [0.2, 0.25) is 5.91 Å². The maximum Gasteiger partial charge on any atom is 0.230 e. The van der Waals surface area contributed by atoms with Crippen molar-refractivity contribution in [3.8, 4) is 10.6 Å². The van der Waals surface area contributed by atoms with Crippen LogP contribution in [0.15, 0.2) is 38.3 Å². The van der Waals surface area contributed by atoms with E-state index >= 15 is 0 Å². The predicted octanol–water partition coefficient (Wildman–Crippen LogP) is 5.13. The number of hydrogen-bond acceptors (Lipinski definition) is 8. The first-order valence-corrected chi connectivity index (χ1v) is 12.7. The summed E-state index contributed by atoms with van der Waals surface area (Å²) < 4.78 is 1.72. The molecule has 0 aliphatic heterocycles. The van der Waals surface area contributed by atoms with Gasteiger partial charge in [0.1, 0.15) is 5.01 Å². The fourth-order valence-electron chi connectivity index (χ4n) is 2.28. The number of amides is 1. The molecule has 0 unspecified atom stereocenters. The topological polar surface area (TPSA) is 67.8 Å². The van der Waals surface area contributed by atoms with Gasteiger partial charge in [-0.1, -0.05) is 73.0 Å². The Morgan fingerprint density at radius 3 is 2.57 bits per heavy atom. The van der Waals surface area contributed by atoms with Crippen LogP contribution in [0.4, 0.5) is 0 Å². The number of aromatic nitrogens is 3. The van der Waals surface area contributed by atoms with Crippen molar-refractivity contribution in [2.75, 3.05) is 12.3 Å². The number of carbonyl (C=O) groups is 1. The Morgan fingerprint density at radius 2 is 1.86 bits per heavy atom. The summed E-state index contributed by atoms with van der Waals surface area (Å²) in [5.41, 5.74) is 3.55. The second kappa shape index (κ2) is 10.9. The van der Waals surface area contributed by atoms with Crippen molar-refractivity contribution >= 4 is 52.1 Å². The van der Waals surface area contributed by atoms with Crippen molar-refractivity contribution in [2.45, 2.75) is 41.1 Å². The van der Waals surface area contributed by atoms with Crippen LogP contribution in [-0.2, 0) is 17.0 Å². The number of nitrogens with one attached hydrogen (secondary N) is 1. The third-order valence-electron chi connectivity index (χ3n) is 3.79. The van der Waals surface area contributed by atoms with Gasteiger partial charge in [-0.2, -0.15) is 0 Å². The first kappa shape index (κ1) is 21.3. The minimum absolute atomic E-state index is 0.0400. The van der Waals surface area contributed by atoms with Crippen LogP contribution in [0, 0.1) is 0 Å². The average molecular weight is 451 g/mol. The van der Waals surface area contributed by atoms with Crippen molar-refractivity contribution in [3.05, 3.63) is 40.9 Å². The van der Waals surface area contributed by atoms with E-state index in [1.807, 2.05) is 6.92 Å². The fraction of sp³-hybridized carbons (Fsp3) is 0.368. The van der Waals surface area contributed by atoms with E-state index in [4.69, 9.17) is 4.98 Å². The van der Waals surface area contributed by atoms with Gasteiger partial charge in [0.15, 0.2) is 8.68 Å². The molecule has 0 saturated carbocycles. The summed E-state index contributed by atoms with van der Waals surface area (Å²) in [5.74, 6) is 1.18. The molecule has 2 aromatic heterocycles. The third-order valence-corrected chi connectivity index (χ3v) is 7.95. The Morgan fingerprint density at radius 1 is 1.11 bits per heavy atom. The molecule has 0 radical (unpaired) electrons. The molecule has 0 atom stereocenters. The molecule has 1 amide bonds. The van der Waals surface area contributed by atoms with E-state index < -0.39 is 0 Å². The van der Waals surface area contributed by atoms with E-state index in [9.17, 15) is 4.79 Å². The minimum Gasteiger partial charge on any atom is -0.355 e. The van der Waals surface area contributed by atoms with Gasteiger partial charge in [-0.15, -0.1) is 21.5 Å². The van der Waals surface area contributed by atoms with Crippen LogP contribution in [0.3, 0.4) is 0 Å². The van der Waals surface area contributed by atoms with Crippen LogP contribution in [0.2, 0.25) is 0 Å². The highest BCUT2D eigenvalue weighted by Crippen LogP contribution is 2.32. The molecule has 1 N–H and O–H groups in total. The van der Waals surface area contributed by atoms with Gasteiger partial charge in [0.25, 0.3) is 0 Å². The van der Waals surface area contributed by atoms with Crippen LogP contribution >= 0.6 is 46.2 Å². The van der Waals surface area contributed by atoms with Crippen molar-refractivity contribution < 1.29 is 4.79 Å². The van der Waals surface area contributed by atoms with Gasteiger partial charge in [0.05, 0.1) is 11.4 Å². The van der Waals surface area contributed by atoms with Gasteiger partial charge < -0.3 is 5.32 Å². The molecule has 0 aliphatic rings. The van der Waals surface area contributed by atoms with E-state index in [0.717, 1.165) is 50.1 Å². The molecule has 3 rings (SSSR count). The second-order valence-corrected chi connectivity index (χ2v) is 10.2. The summed E-state index contributed by atoms with van der Waals surface area (Å²) in [6.45, 7) is 4.91. The first-order valence-electron chi connectivity index (χ1n) is 9.07. The second-order valence-electron chi connectivity index (χ2n) is 5.96. The van der Waals surface area contributed by atoms with Crippen LogP contribution in [0.5, 0.6) is 0 Å². The van der Waals surface area contributed by atoms with Gasteiger partial charge in [-0.3, -0.25) is 4.79 Å². The van der Waals surface area contributed by atoms with E-state index in [0.29, 0.717) is 5.75 Å². The summed E-state index contributed by atoms with van der Waals surface area (Å²) in [7, 11) is 0. The zero-order valence-electron chi connectivity index (χ0n) is 15.8. The molecule has 148 valence electrons. The SMILES string of the molecule is CCCNC(=O)CSc1nnc(SCc2csc(-c3ccc(CC)cc3)n2)s1. The molecule has 3 aromatic rings. The summed E-state index contributed by atoms with van der Waals surface area (Å²) in [5, 5.41) is 14.4. The smallest absolute Gasteiger partial charge is 0.230 e. The highest BCUT2D eigenvalue weighted by atomic mass is 32.2. The number of carbonyl (C=O) groups excluding carboxylic acids is 1. The highest BCUT2D eigenvalue weighted by molar-refractivity contribution is 8.03. The molecule has 0 fully saturated rings. The monoisotopic (exact) mass is 450 g/mol. The van der Waals surface area contributed by atoms with Gasteiger partial charge in [-0.05, 0) is 18.4 Å². The highest BCUT2D eigenvalue weighted by Gasteiger charge is 2.10. The molecule has 0 bridgehead atoms. The van der Waals surface area contributed by atoms with Gasteiger partial charge in [-0.25, -0.2) is 4.98 Å². The molecule has 0 saturated heterocycles. The molecule has 1 aromatic carbocycles. The molecule has 0 spiro atoms. The van der Waals surface area contributed by atoms with Crippen molar-refractivity contribution in [1.29, 1.82) is 0 Å². The maximum absolute atomic E-state index is 11.7. The summed E-state index contributed by atoms with van der Waals surface area (Å²) >= 11 is 6.26. The standard InChI is InChI=1S/C19H22N4OS4/c1-3-9-20-16(24)12-27-19-23-22-18(28-19)26-11-15-10-25-17(21-15)14-7-5-13(4-2)6-8-14/h5-8,10H,3-4,9,11-12H2,1-2H3,(H,20,24). The predicted molar refractivity (Wildman–Crippen MR) is 120 cm³/mol. The fourth-order valence-corrected chi connectivity index (χ4v) is 5.95. The van der Waals surface area contributed by atoms with Gasteiger partial charge in [0, 0.05) is 23.2 Å². The van der Waals surface area contributed by atoms with E-state index in [1.54, 1.807) is 23.1 Å². The Kier molecular flexibility index (Phi) is 8.32. The number of hydrogen-bond donors (Lipinski definition) is 1. The van der Waals surface area contributed by atoms with E-state index in [-0.39, 0.29) is 5.91 Å². The van der Waals surface area contributed by atoms with Crippen LogP contribution in [-0.4, -0.2) is 33.4 Å². The zero-order valence-corrected chi connectivity index (χ0v) is 19.1. The quantitative estimate of drug-likeness (QED) is 0.432. The van der Waals surface area contributed by atoms with Crippen molar-refractivity contribution in [3.63, 3.8) is 0 Å². The Labute approximate surface area is 181 Å². The number of nitrogens with zero attached hydrogens (tertiary/aromatic N) is 3. The molecular weight excluding hydrogens is 429 g/mol. The lowest BCUT2D eigenvalue weighted by Crippen LogP contribution is -2.25. The minimum atomic E-state index is 0.0400. The average Bonchev–Trinajstić information content (AvgIpc) is 3.38. The molecular formula is C19H22N4OS4. The Balaban J connectivity index is 1.49.